The number of nitrogens with zero attached hydrogens (tertiary/aromatic N) is 4. The molecule has 0 saturated carbocycles. The summed E-state index contributed by atoms with van der Waals surface area (Å²) >= 11 is 0. The molecule has 1 fully saturated rings. The summed E-state index contributed by atoms with van der Waals surface area (Å²) in [4.78, 5) is 19.7. The van der Waals surface area contributed by atoms with Crippen molar-refractivity contribution in [3.05, 3.63) is 63.6 Å². The van der Waals surface area contributed by atoms with Gasteiger partial charge < -0.3 is 4.90 Å². The number of benzene rings is 1. The SMILES string of the molecule is CC(C)N(Cc1ccc(N2CCC[C@@H]2C)nc1)Cc1c(F)cccc1[N+](=O)[O-]. The molecule has 0 unspecified atom stereocenters. The predicted octanol–water partition coefficient (Wildman–Crippen LogP) is 4.53. The van der Waals surface area contributed by atoms with Crippen molar-refractivity contribution >= 4 is 11.5 Å². The van der Waals surface area contributed by atoms with E-state index in [4.69, 9.17) is 0 Å². The van der Waals surface area contributed by atoms with Crippen LogP contribution in [0.3, 0.4) is 0 Å². The molecule has 2 heterocycles. The summed E-state index contributed by atoms with van der Waals surface area (Å²) in [5, 5.41) is 11.3. The molecular formula is C21H27FN4O2. The molecule has 2 aromatic rings. The summed E-state index contributed by atoms with van der Waals surface area (Å²) in [5.41, 5.74) is 0.946. The van der Waals surface area contributed by atoms with Crippen LogP contribution < -0.4 is 4.90 Å². The molecule has 1 atom stereocenters. The van der Waals surface area contributed by atoms with Crippen molar-refractivity contribution in [2.24, 2.45) is 0 Å². The van der Waals surface area contributed by atoms with Gasteiger partial charge in [-0.05, 0) is 51.3 Å². The molecule has 0 aliphatic carbocycles. The van der Waals surface area contributed by atoms with Gasteiger partial charge in [-0.15, -0.1) is 0 Å². The largest absolute Gasteiger partial charge is 0.354 e. The molecule has 1 aliphatic rings. The molecule has 150 valence electrons. The smallest absolute Gasteiger partial charge is 0.276 e. The van der Waals surface area contributed by atoms with Crippen LogP contribution >= 0.6 is 0 Å². The number of pyridine rings is 1. The molecular weight excluding hydrogens is 359 g/mol. The molecule has 1 saturated heterocycles. The van der Waals surface area contributed by atoms with E-state index in [1.165, 1.54) is 31.0 Å². The first-order valence-electron chi connectivity index (χ1n) is 9.74. The Hall–Kier alpha value is -2.54. The average molecular weight is 386 g/mol. The summed E-state index contributed by atoms with van der Waals surface area (Å²) in [7, 11) is 0. The molecule has 0 N–H and O–H groups in total. The topological polar surface area (TPSA) is 62.5 Å². The van der Waals surface area contributed by atoms with Gasteiger partial charge >= 0.3 is 0 Å². The van der Waals surface area contributed by atoms with Crippen molar-refractivity contribution < 1.29 is 9.31 Å². The Balaban J connectivity index is 1.76. The number of aromatic nitrogens is 1. The van der Waals surface area contributed by atoms with E-state index < -0.39 is 10.7 Å². The maximum atomic E-state index is 14.3. The Kier molecular flexibility index (Phi) is 6.24. The van der Waals surface area contributed by atoms with Crippen molar-refractivity contribution in [2.45, 2.75) is 58.8 Å². The van der Waals surface area contributed by atoms with Crippen molar-refractivity contribution in [3.63, 3.8) is 0 Å². The van der Waals surface area contributed by atoms with Crippen molar-refractivity contribution in [2.75, 3.05) is 11.4 Å². The summed E-state index contributed by atoms with van der Waals surface area (Å²) in [6.45, 7) is 7.96. The molecule has 0 radical (unpaired) electrons. The van der Waals surface area contributed by atoms with Crippen LogP contribution in [0.5, 0.6) is 0 Å². The first-order valence-corrected chi connectivity index (χ1v) is 9.74. The summed E-state index contributed by atoms with van der Waals surface area (Å²) in [6, 6.07) is 8.67. The summed E-state index contributed by atoms with van der Waals surface area (Å²) in [5.74, 6) is 0.436. The highest BCUT2D eigenvalue weighted by Gasteiger charge is 2.23. The quantitative estimate of drug-likeness (QED) is 0.517. The third-order valence-electron chi connectivity index (χ3n) is 5.42. The number of nitro groups is 1. The van der Waals surface area contributed by atoms with E-state index in [0.29, 0.717) is 12.6 Å². The number of hydrogen-bond donors (Lipinski definition) is 0. The van der Waals surface area contributed by atoms with Gasteiger partial charge in [-0.3, -0.25) is 15.0 Å². The van der Waals surface area contributed by atoms with Crippen LogP contribution in [0.25, 0.3) is 0 Å². The number of anilines is 1. The van der Waals surface area contributed by atoms with Gasteiger partial charge in [0.05, 0.1) is 10.5 Å². The highest BCUT2D eigenvalue weighted by atomic mass is 19.1. The molecule has 7 heteroatoms. The molecule has 0 amide bonds. The van der Waals surface area contributed by atoms with E-state index in [-0.39, 0.29) is 23.8 Å². The lowest BCUT2D eigenvalue weighted by atomic mass is 10.1. The van der Waals surface area contributed by atoms with E-state index in [0.717, 1.165) is 17.9 Å². The minimum absolute atomic E-state index is 0.0949. The number of rotatable bonds is 7. The fourth-order valence-corrected chi connectivity index (χ4v) is 3.69. The maximum Gasteiger partial charge on any atom is 0.276 e. The summed E-state index contributed by atoms with van der Waals surface area (Å²) < 4.78 is 14.3. The molecule has 28 heavy (non-hydrogen) atoms. The van der Waals surface area contributed by atoms with Gasteiger partial charge in [0.15, 0.2) is 0 Å². The van der Waals surface area contributed by atoms with Crippen LogP contribution in [-0.4, -0.2) is 33.4 Å². The van der Waals surface area contributed by atoms with Gasteiger partial charge in [0, 0.05) is 44.0 Å². The zero-order valence-corrected chi connectivity index (χ0v) is 16.6. The van der Waals surface area contributed by atoms with Crippen molar-refractivity contribution in [3.8, 4) is 0 Å². The fourth-order valence-electron chi connectivity index (χ4n) is 3.69. The van der Waals surface area contributed by atoms with Crippen LogP contribution in [0.4, 0.5) is 15.9 Å². The van der Waals surface area contributed by atoms with Gasteiger partial charge in [-0.2, -0.15) is 0 Å². The molecule has 1 aromatic carbocycles. The lowest BCUT2D eigenvalue weighted by Gasteiger charge is -2.27. The Labute approximate surface area is 165 Å². The summed E-state index contributed by atoms with van der Waals surface area (Å²) in [6.07, 6.45) is 4.23. The van der Waals surface area contributed by atoms with Crippen LogP contribution in [0.15, 0.2) is 36.5 Å². The molecule has 3 rings (SSSR count). The molecule has 0 bridgehead atoms. The lowest BCUT2D eigenvalue weighted by Crippen LogP contribution is -2.31. The Morgan fingerprint density at radius 2 is 2.11 bits per heavy atom. The van der Waals surface area contributed by atoms with Crippen LogP contribution in [0, 0.1) is 15.9 Å². The van der Waals surface area contributed by atoms with E-state index in [1.54, 1.807) is 0 Å². The zero-order valence-electron chi connectivity index (χ0n) is 16.6. The van der Waals surface area contributed by atoms with E-state index >= 15 is 0 Å². The Bertz CT molecular complexity index is 826. The minimum Gasteiger partial charge on any atom is -0.354 e. The normalized spacial score (nSPS) is 16.9. The zero-order chi connectivity index (χ0) is 20.3. The third kappa shape index (κ3) is 4.47. The standard InChI is InChI=1S/C21H27FN4O2/c1-15(2)24(14-18-19(22)7-4-8-20(18)26(27)28)13-17-9-10-21(23-12-17)25-11-5-6-16(25)3/h4,7-10,12,15-16H,5-6,11,13-14H2,1-3H3/t16-/m0/s1. The van der Waals surface area contributed by atoms with E-state index in [1.807, 2.05) is 37.1 Å². The van der Waals surface area contributed by atoms with Crippen LogP contribution in [-0.2, 0) is 13.1 Å². The van der Waals surface area contributed by atoms with Crippen molar-refractivity contribution in [1.82, 2.24) is 9.88 Å². The number of halogens is 1. The maximum absolute atomic E-state index is 14.3. The average Bonchev–Trinajstić information content (AvgIpc) is 3.08. The molecule has 1 aliphatic heterocycles. The highest BCUT2D eigenvalue weighted by Crippen LogP contribution is 2.26. The molecule has 0 spiro atoms. The fraction of sp³-hybridized carbons (Fsp3) is 0.476. The predicted molar refractivity (Wildman–Crippen MR) is 108 cm³/mol. The Morgan fingerprint density at radius 1 is 1.32 bits per heavy atom. The van der Waals surface area contributed by atoms with Gasteiger partial charge in [-0.1, -0.05) is 12.1 Å². The third-order valence-corrected chi connectivity index (χ3v) is 5.42. The monoisotopic (exact) mass is 386 g/mol. The van der Waals surface area contributed by atoms with Gasteiger partial charge in [0.1, 0.15) is 11.6 Å². The molecule has 1 aromatic heterocycles. The lowest BCUT2D eigenvalue weighted by molar-refractivity contribution is -0.386. The second-order valence-corrected chi connectivity index (χ2v) is 7.70. The Morgan fingerprint density at radius 3 is 2.68 bits per heavy atom. The highest BCUT2D eigenvalue weighted by molar-refractivity contribution is 5.42. The van der Waals surface area contributed by atoms with E-state index in [2.05, 4.69) is 16.8 Å². The number of hydrogen-bond acceptors (Lipinski definition) is 5. The van der Waals surface area contributed by atoms with E-state index in [9.17, 15) is 14.5 Å². The van der Waals surface area contributed by atoms with Crippen LogP contribution in [0.1, 0.15) is 44.7 Å². The minimum atomic E-state index is -0.545. The molecule has 6 nitrogen and oxygen atoms in total. The van der Waals surface area contributed by atoms with Gasteiger partial charge in [-0.25, -0.2) is 9.37 Å². The van der Waals surface area contributed by atoms with Gasteiger partial charge in [0.25, 0.3) is 5.69 Å². The second-order valence-electron chi connectivity index (χ2n) is 7.70. The second kappa shape index (κ2) is 8.65. The van der Waals surface area contributed by atoms with Crippen LogP contribution in [0.2, 0.25) is 0 Å². The first-order chi connectivity index (χ1) is 13.4. The first kappa shape index (κ1) is 20.2. The van der Waals surface area contributed by atoms with Gasteiger partial charge in [0.2, 0.25) is 0 Å². The van der Waals surface area contributed by atoms with Crippen molar-refractivity contribution in [1.29, 1.82) is 0 Å². The number of nitro benzene ring substituents is 1.